The van der Waals surface area contributed by atoms with Crippen molar-refractivity contribution in [2.45, 2.75) is 19.4 Å². The van der Waals surface area contributed by atoms with Crippen LogP contribution in [0.15, 0.2) is 11.6 Å². The molecule has 0 aliphatic rings. The lowest BCUT2D eigenvalue weighted by Gasteiger charge is -2.05. The first kappa shape index (κ1) is 14.5. The van der Waals surface area contributed by atoms with Gasteiger partial charge >= 0.3 is 5.97 Å². The van der Waals surface area contributed by atoms with Gasteiger partial charge in [0.1, 0.15) is 0 Å². The summed E-state index contributed by atoms with van der Waals surface area (Å²) in [5.74, 6) is 0.793. The van der Waals surface area contributed by atoms with E-state index in [4.69, 9.17) is 10.2 Å². The van der Waals surface area contributed by atoms with E-state index in [0.717, 1.165) is 0 Å². The first-order valence-corrected chi connectivity index (χ1v) is 5.95. The molecule has 0 amide bonds. The van der Waals surface area contributed by atoms with Crippen molar-refractivity contribution in [3.63, 3.8) is 0 Å². The van der Waals surface area contributed by atoms with E-state index in [0.29, 0.717) is 23.5 Å². The summed E-state index contributed by atoms with van der Waals surface area (Å²) in [5.41, 5.74) is 0.642. The zero-order valence-corrected chi connectivity index (χ0v) is 9.92. The fourth-order valence-corrected chi connectivity index (χ4v) is 1.75. The topological polar surface area (TPSA) is 66.8 Å². The van der Waals surface area contributed by atoms with Crippen LogP contribution in [0.25, 0.3) is 0 Å². The van der Waals surface area contributed by atoms with Crippen molar-refractivity contribution in [2.24, 2.45) is 0 Å². The normalized spacial score (nSPS) is 13.7. The van der Waals surface area contributed by atoms with Gasteiger partial charge in [-0.1, -0.05) is 13.0 Å². The van der Waals surface area contributed by atoms with Crippen LogP contribution in [-0.4, -0.2) is 47.5 Å². The van der Waals surface area contributed by atoms with Crippen LogP contribution in [0.4, 0.5) is 0 Å². The van der Waals surface area contributed by atoms with E-state index >= 15 is 0 Å². The second kappa shape index (κ2) is 8.76. The number of methoxy groups -OCH3 is 1. The third kappa shape index (κ3) is 6.54. The molecule has 0 heterocycles. The molecule has 0 aromatic heterocycles. The molecule has 0 bridgehead atoms. The van der Waals surface area contributed by atoms with E-state index < -0.39 is 6.10 Å². The number of hydrogen-bond donors (Lipinski definition) is 2. The van der Waals surface area contributed by atoms with Gasteiger partial charge in [0, 0.05) is 17.1 Å². The van der Waals surface area contributed by atoms with Crippen molar-refractivity contribution in [1.29, 1.82) is 0 Å². The Morgan fingerprint density at radius 1 is 1.60 bits per heavy atom. The second-order valence-electron chi connectivity index (χ2n) is 2.95. The van der Waals surface area contributed by atoms with Gasteiger partial charge in [0.15, 0.2) is 0 Å². The predicted molar refractivity (Wildman–Crippen MR) is 60.8 cm³/mol. The zero-order valence-electron chi connectivity index (χ0n) is 9.10. The van der Waals surface area contributed by atoms with Gasteiger partial charge in [-0.25, -0.2) is 4.79 Å². The van der Waals surface area contributed by atoms with E-state index in [-0.39, 0.29) is 12.6 Å². The van der Waals surface area contributed by atoms with Gasteiger partial charge in [-0.05, 0) is 6.42 Å². The van der Waals surface area contributed by atoms with Crippen molar-refractivity contribution in [3.05, 3.63) is 11.6 Å². The molecule has 0 spiro atoms. The lowest BCUT2D eigenvalue weighted by molar-refractivity contribution is -0.136. The van der Waals surface area contributed by atoms with Crippen molar-refractivity contribution >= 4 is 17.7 Å². The molecule has 1 unspecified atom stereocenters. The fourth-order valence-electron chi connectivity index (χ4n) is 0.919. The highest BCUT2D eigenvalue weighted by molar-refractivity contribution is 7.99. The van der Waals surface area contributed by atoms with E-state index in [1.54, 1.807) is 6.08 Å². The number of aliphatic hydroxyl groups is 2. The van der Waals surface area contributed by atoms with Crippen LogP contribution in [0.2, 0.25) is 0 Å². The van der Waals surface area contributed by atoms with Gasteiger partial charge in [0.05, 0.1) is 19.8 Å². The molecule has 0 rings (SSSR count). The predicted octanol–water partition coefficient (Wildman–Crippen LogP) is 0.582. The van der Waals surface area contributed by atoms with Gasteiger partial charge in [-0.15, -0.1) is 0 Å². The van der Waals surface area contributed by atoms with Crippen molar-refractivity contribution in [2.75, 3.05) is 25.2 Å². The largest absolute Gasteiger partial charge is 0.466 e. The number of aliphatic hydroxyl groups excluding tert-OH is 2. The number of carbonyl (C=O) groups is 1. The maximum atomic E-state index is 11.1. The van der Waals surface area contributed by atoms with E-state index in [1.807, 2.05) is 6.92 Å². The summed E-state index contributed by atoms with van der Waals surface area (Å²) in [6.07, 6.45) is 1.74. The summed E-state index contributed by atoms with van der Waals surface area (Å²) in [5, 5.41) is 17.6. The van der Waals surface area contributed by atoms with Gasteiger partial charge in [0.25, 0.3) is 0 Å². The number of esters is 1. The highest BCUT2D eigenvalue weighted by atomic mass is 32.2. The van der Waals surface area contributed by atoms with Crippen LogP contribution >= 0.6 is 11.8 Å². The molecule has 0 saturated carbocycles. The standard InChI is InChI=1S/C10H18O4S/c1-3-8(10(13)14-2)4-5-15-7-9(12)6-11/h4,9,11-12H,3,5-7H2,1-2H3. The number of carbonyl (C=O) groups excluding carboxylic acids is 1. The van der Waals surface area contributed by atoms with Crippen LogP contribution in [0.5, 0.6) is 0 Å². The maximum Gasteiger partial charge on any atom is 0.333 e. The van der Waals surface area contributed by atoms with Gasteiger partial charge in [0.2, 0.25) is 0 Å². The quantitative estimate of drug-likeness (QED) is 0.383. The number of hydrogen-bond acceptors (Lipinski definition) is 5. The molecule has 88 valence electrons. The first-order chi connectivity index (χ1) is 7.15. The summed E-state index contributed by atoms with van der Waals surface area (Å²) in [4.78, 5) is 11.1. The van der Waals surface area contributed by atoms with Crippen LogP contribution < -0.4 is 0 Å². The smallest absolute Gasteiger partial charge is 0.333 e. The summed E-state index contributed by atoms with van der Waals surface area (Å²) in [6, 6.07) is 0. The Morgan fingerprint density at radius 2 is 2.27 bits per heavy atom. The minimum atomic E-state index is -0.688. The third-order valence-electron chi connectivity index (χ3n) is 1.80. The second-order valence-corrected chi connectivity index (χ2v) is 4.02. The molecular formula is C10H18O4S. The minimum Gasteiger partial charge on any atom is -0.466 e. The van der Waals surface area contributed by atoms with Crippen LogP contribution in [0.3, 0.4) is 0 Å². The Hall–Kier alpha value is -0.520. The molecule has 4 nitrogen and oxygen atoms in total. The van der Waals surface area contributed by atoms with Crippen LogP contribution in [-0.2, 0) is 9.53 Å². The van der Waals surface area contributed by atoms with Crippen molar-refractivity contribution < 1.29 is 19.7 Å². The molecule has 0 radical (unpaired) electrons. The van der Waals surface area contributed by atoms with Crippen molar-refractivity contribution in [1.82, 2.24) is 0 Å². The number of thioether (sulfide) groups is 1. The van der Waals surface area contributed by atoms with Gasteiger partial charge in [-0.3, -0.25) is 0 Å². The highest BCUT2D eigenvalue weighted by Crippen LogP contribution is 2.08. The Labute approximate surface area is 94.3 Å². The molecule has 0 aliphatic carbocycles. The molecule has 0 aromatic carbocycles. The third-order valence-corrected chi connectivity index (χ3v) is 2.82. The maximum absolute atomic E-state index is 11.1. The van der Waals surface area contributed by atoms with Gasteiger partial charge < -0.3 is 14.9 Å². The molecule has 2 N–H and O–H groups in total. The average Bonchev–Trinajstić information content (AvgIpc) is 2.27. The molecule has 0 aromatic rings. The van der Waals surface area contributed by atoms with E-state index in [1.165, 1.54) is 18.9 Å². The Morgan fingerprint density at radius 3 is 2.73 bits per heavy atom. The first-order valence-electron chi connectivity index (χ1n) is 4.79. The summed E-state index contributed by atoms with van der Waals surface area (Å²) < 4.78 is 4.60. The monoisotopic (exact) mass is 234 g/mol. The molecule has 0 saturated heterocycles. The lowest BCUT2D eigenvalue weighted by Crippen LogP contribution is -2.14. The minimum absolute atomic E-state index is 0.228. The fraction of sp³-hybridized carbons (Fsp3) is 0.700. The van der Waals surface area contributed by atoms with E-state index in [2.05, 4.69) is 4.74 Å². The Balaban J connectivity index is 3.86. The lowest BCUT2D eigenvalue weighted by atomic mass is 10.2. The van der Waals surface area contributed by atoms with E-state index in [9.17, 15) is 4.79 Å². The summed E-state index contributed by atoms with van der Waals surface area (Å²) >= 11 is 1.46. The number of ether oxygens (including phenoxy) is 1. The Bertz CT molecular complexity index is 215. The van der Waals surface area contributed by atoms with Crippen LogP contribution in [0.1, 0.15) is 13.3 Å². The Kier molecular flexibility index (Phi) is 8.46. The van der Waals surface area contributed by atoms with Crippen molar-refractivity contribution in [3.8, 4) is 0 Å². The molecule has 15 heavy (non-hydrogen) atoms. The SMILES string of the molecule is CCC(=CCSCC(O)CO)C(=O)OC. The zero-order chi connectivity index (χ0) is 11.7. The number of rotatable bonds is 7. The summed E-state index contributed by atoms with van der Waals surface area (Å²) in [7, 11) is 1.36. The summed E-state index contributed by atoms with van der Waals surface area (Å²) in [6.45, 7) is 1.66. The van der Waals surface area contributed by atoms with Crippen LogP contribution in [0, 0.1) is 0 Å². The molecule has 1 atom stereocenters. The molecular weight excluding hydrogens is 216 g/mol. The highest BCUT2D eigenvalue weighted by Gasteiger charge is 2.06. The molecule has 0 fully saturated rings. The average molecular weight is 234 g/mol. The van der Waals surface area contributed by atoms with Gasteiger partial charge in [-0.2, -0.15) is 11.8 Å². The molecule has 5 heteroatoms. The molecule has 0 aliphatic heterocycles.